The first kappa shape index (κ1) is 15.0. The third kappa shape index (κ3) is 2.40. The minimum absolute atomic E-state index is 0.699. The maximum absolute atomic E-state index is 13.1. The fourth-order valence-electron chi connectivity index (χ4n) is 1.37. The van der Waals surface area contributed by atoms with Gasteiger partial charge in [-0.2, -0.15) is 31.6 Å². The summed E-state index contributed by atoms with van der Waals surface area (Å²) in [5, 5.41) is 8.38. The van der Waals surface area contributed by atoms with E-state index < -0.39 is 46.4 Å². The SMILES string of the molecule is N#Cc1c(N)c(F)c(F)c(C(F)(F)F)c1C(F)(F)F. The molecule has 0 aliphatic heterocycles. The first-order valence-corrected chi connectivity index (χ1v) is 4.27. The van der Waals surface area contributed by atoms with Crippen LogP contribution in [-0.4, -0.2) is 0 Å². The molecule has 0 aromatic heterocycles. The molecule has 2 nitrogen and oxygen atoms in total. The van der Waals surface area contributed by atoms with Crippen LogP contribution in [0.25, 0.3) is 0 Å². The van der Waals surface area contributed by atoms with Crippen LogP contribution in [0.4, 0.5) is 40.8 Å². The highest BCUT2D eigenvalue weighted by Crippen LogP contribution is 2.45. The zero-order valence-electron chi connectivity index (χ0n) is 8.55. The van der Waals surface area contributed by atoms with E-state index in [2.05, 4.69) is 0 Å². The van der Waals surface area contributed by atoms with Crippen LogP contribution in [0.15, 0.2) is 0 Å². The molecular formula is C9H2F8N2. The van der Waals surface area contributed by atoms with E-state index in [9.17, 15) is 35.1 Å². The maximum Gasteiger partial charge on any atom is 0.419 e. The number of hydrogen-bond acceptors (Lipinski definition) is 2. The molecule has 0 aliphatic rings. The summed E-state index contributed by atoms with van der Waals surface area (Å²) in [6.07, 6.45) is -11.6. The number of hydrogen-bond donors (Lipinski definition) is 1. The summed E-state index contributed by atoms with van der Waals surface area (Å²) >= 11 is 0. The van der Waals surface area contributed by atoms with Gasteiger partial charge in [-0.05, 0) is 0 Å². The third-order valence-electron chi connectivity index (χ3n) is 2.10. The number of nitriles is 1. The Morgan fingerprint density at radius 2 is 1.26 bits per heavy atom. The molecule has 19 heavy (non-hydrogen) atoms. The molecule has 104 valence electrons. The Morgan fingerprint density at radius 3 is 1.58 bits per heavy atom. The quantitative estimate of drug-likeness (QED) is 0.587. The van der Waals surface area contributed by atoms with Crippen molar-refractivity contribution in [1.82, 2.24) is 0 Å². The fraction of sp³-hybridized carbons (Fsp3) is 0.222. The Labute approximate surface area is 99.6 Å². The second-order valence-electron chi connectivity index (χ2n) is 3.27. The van der Waals surface area contributed by atoms with Crippen LogP contribution in [0, 0.1) is 23.0 Å². The normalized spacial score (nSPS) is 12.4. The van der Waals surface area contributed by atoms with E-state index in [0.29, 0.717) is 6.07 Å². The van der Waals surface area contributed by atoms with Crippen LogP contribution < -0.4 is 5.73 Å². The highest BCUT2D eigenvalue weighted by molar-refractivity contribution is 5.63. The van der Waals surface area contributed by atoms with Gasteiger partial charge < -0.3 is 5.73 Å². The summed E-state index contributed by atoms with van der Waals surface area (Å²) in [5.41, 5.74) is -4.27. The summed E-state index contributed by atoms with van der Waals surface area (Å²) in [4.78, 5) is 0. The number of alkyl halides is 6. The molecule has 0 heterocycles. The summed E-state index contributed by atoms with van der Waals surface area (Å²) < 4.78 is 101. The van der Waals surface area contributed by atoms with Gasteiger partial charge >= 0.3 is 12.4 Å². The minimum atomic E-state index is -5.84. The van der Waals surface area contributed by atoms with Crippen molar-refractivity contribution < 1.29 is 35.1 Å². The van der Waals surface area contributed by atoms with Gasteiger partial charge in [-0.25, -0.2) is 8.78 Å². The van der Waals surface area contributed by atoms with E-state index in [-0.39, 0.29) is 0 Å². The first-order chi connectivity index (χ1) is 8.42. The van der Waals surface area contributed by atoms with Gasteiger partial charge in [0.1, 0.15) is 11.6 Å². The van der Waals surface area contributed by atoms with E-state index in [1.165, 1.54) is 0 Å². The van der Waals surface area contributed by atoms with Gasteiger partial charge in [0.05, 0.1) is 16.8 Å². The van der Waals surface area contributed by atoms with E-state index in [0.717, 1.165) is 0 Å². The Balaban J connectivity index is 4.02. The molecule has 0 atom stereocenters. The average Bonchev–Trinajstić information content (AvgIpc) is 2.22. The van der Waals surface area contributed by atoms with Crippen molar-refractivity contribution in [3.05, 3.63) is 28.3 Å². The number of nitrogen functional groups attached to an aromatic ring is 1. The van der Waals surface area contributed by atoms with Crippen molar-refractivity contribution in [3.8, 4) is 6.07 Å². The molecule has 0 unspecified atom stereocenters. The minimum Gasteiger partial charge on any atom is -0.395 e. The topological polar surface area (TPSA) is 49.8 Å². The Kier molecular flexibility index (Phi) is 3.36. The van der Waals surface area contributed by atoms with Crippen LogP contribution in [0.1, 0.15) is 16.7 Å². The molecular weight excluding hydrogens is 288 g/mol. The summed E-state index contributed by atoms with van der Waals surface area (Å²) in [6.45, 7) is 0. The molecule has 0 radical (unpaired) electrons. The lowest BCUT2D eigenvalue weighted by Crippen LogP contribution is -2.23. The van der Waals surface area contributed by atoms with Crippen molar-refractivity contribution in [2.45, 2.75) is 12.4 Å². The molecule has 0 spiro atoms. The Bertz CT molecular complexity index is 564. The van der Waals surface area contributed by atoms with Gasteiger partial charge in [-0.15, -0.1) is 0 Å². The molecule has 2 N–H and O–H groups in total. The summed E-state index contributed by atoms with van der Waals surface area (Å²) in [6, 6.07) is 0.699. The molecule has 10 heteroatoms. The zero-order chi connectivity index (χ0) is 15.2. The second kappa shape index (κ2) is 4.25. The predicted molar refractivity (Wildman–Crippen MR) is 45.5 cm³/mol. The van der Waals surface area contributed by atoms with E-state index in [4.69, 9.17) is 11.0 Å². The summed E-state index contributed by atoms with van der Waals surface area (Å²) in [5.74, 6) is -5.15. The maximum atomic E-state index is 13.1. The lowest BCUT2D eigenvalue weighted by atomic mass is 9.97. The predicted octanol–water partition coefficient (Wildman–Crippen LogP) is 3.46. The number of nitrogens with zero attached hydrogens (tertiary/aromatic N) is 1. The molecule has 1 aromatic carbocycles. The van der Waals surface area contributed by atoms with Crippen molar-refractivity contribution in [2.75, 3.05) is 5.73 Å². The van der Waals surface area contributed by atoms with Gasteiger partial charge in [0.2, 0.25) is 0 Å². The highest BCUT2D eigenvalue weighted by Gasteiger charge is 2.49. The van der Waals surface area contributed by atoms with E-state index in [1.54, 1.807) is 0 Å². The van der Waals surface area contributed by atoms with Crippen LogP contribution >= 0.6 is 0 Å². The van der Waals surface area contributed by atoms with Gasteiger partial charge in [0.15, 0.2) is 11.6 Å². The van der Waals surface area contributed by atoms with Gasteiger partial charge in [-0.3, -0.25) is 0 Å². The molecule has 0 bridgehead atoms. The monoisotopic (exact) mass is 290 g/mol. The van der Waals surface area contributed by atoms with Crippen LogP contribution in [-0.2, 0) is 12.4 Å². The highest BCUT2D eigenvalue weighted by atomic mass is 19.4. The van der Waals surface area contributed by atoms with Crippen LogP contribution in [0.3, 0.4) is 0 Å². The third-order valence-corrected chi connectivity index (χ3v) is 2.10. The molecule has 0 saturated carbocycles. The number of nitrogens with two attached hydrogens (primary N) is 1. The molecule has 0 amide bonds. The van der Waals surface area contributed by atoms with Crippen LogP contribution in [0.2, 0.25) is 0 Å². The standard InChI is InChI=1S/C9H2F8N2/c10-5-4(9(15,16)17)3(8(12,13)14)2(1-18)7(19)6(5)11/h19H2. The van der Waals surface area contributed by atoms with Crippen molar-refractivity contribution in [3.63, 3.8) is 0 Å². The first-order valence-electron chi connectivity index (χ1n) is 4.27. The molecule has 1 aromatic rings. The molecule has 0 fully saturated rings. The Morgan fingerprint density at radius 1 is 0.842 bits per heavy atom. The van der Waals surface area contributed by atoms with E-state index in [1.807, 2.05) is 0 Å². The van der Waals surface area contributed by atoms with Gasteiger partial charge in [0, 0.05) is 0 Å². The zero-order valence-corrected chi connectivity index (χ0v) is 8.55. The average molecular weight is 290 g/mol. The molecule has 0 aliphatic carbocycles. The second-order valence-corrected chi connectivity index (χ2v) is 3.27. The smallest absolute Gasteiger partial charge is 0.395 e. The van der Waals surface area contributed by atoms with Gasteiger partial charge in [0.25, 0.3) is 0 Å². The number of benzene rings is 1. The van der Waals surface area contributed by atoms with Crippen LogP contribution in [0.5, 0.6) is 0 Å². The number of halogens is 8. The largest absolute Gasteiger partial charge is 0.419 e. The van der Waals surface area contributed by atoms with Crippen molar-refractivity contribution in [2.24, 2.45) is 0 Å². The van der Waals surface area contributed by atoms with Crippen molar-refractivity contribution in [1.29, 1.82) is 5.26 Å². The fourth-order valence-corrected chi connectivity index (χ4v) is 1.37. The van der Waals surface area contributed by atoms with Gasteiger partial charge in [-0.1, -0.05) is 0 Å². The lowest BCUT2D eigenvalue weighted by Gasteiger charge is -2.19. The number of anilines is 1. The lowest BCUT2D eigenvalue weighted by molar-refractivity contribution is -0.164. The molecule has 0 saturated heterocycles. The number of rotatable bonds is 0. The van der Waals surface area contributed by atoms with E-state index >= 15 is 0 Å². The molecule has 1 rings (SSSR count). The van der Waals surface area contributed by atoms with Crippen molar-refractivity contribution >= 4 is 5.69 Å². The Hall–Kier alpha value is -2.05. The summed E-state index contributed by atoms with van der Waals surface area (Å²) in [7, 11) is 0.